The highest BCUT2D eigenvalue weighted by Gasteiger charge is 2.27. The van der Waals surface area contributed by atoms with Gasteiger partial charge in [-0.25, -0.2) is 0 Å². The van der Waals surface area contributed by atoms with Crippen LogP contribution in [0.3, 0.4) is 0 Å². The first-order valence-electron chi connectivity index (χ1n) is 7.40. The van der Waals surface area contributed by atoms with E-state index in [-0.39, 0.29) is 18.5 Å². The topological polar surface area (TPSA) is 81.9 Å². The van der Waals surface area contributed by atoms with E-state index in [0.717, 1.165) is 5.75 Å². The van der Waals surface area contributed by atoms with Crippen LogP contribution in [0.1, 0.15) is 23.7 Å². The molecule has 1 aliphatic rings. The van der Waals surface area contributed by atoms with Crippen molar-refractivity contribution < 1.29 is 19.1 Å². The second kappa shape index (κ2) is 7.70. The smallest absolute Gasteiger partial charge is 0.239 e. The van der Waals surface area contributed by atoms with Gasteiger partial charge in [-0.1, -0.05) is 0 Å². The number of hydrogen-bond donors (Lipinski definition) is 1. The molecule has 0 unspecified atom stereocenters. The average Bonchev–Trinajstić information content (AvgIpc) is 3.04. The number of benzene rings is 1. The fraction of sp³-hybridized carbons (Fsp3) is 0.500. The third-order valence-electron chi connectivity index (χ3n) is 3.92. The fourth-order valence-electron chi connectivity index (χ4n) is 2.29. The summed E-state index contributed by atoms with van der Waals surface area (Å²) in [5.41, 5.74) is 6.39. The van der Waals surface area contributed by atoms with Crippen molar-refractivity contribution in [2.24, 2.45) is 5.73 Å². The second-order valence-corrected chi connectivity index (χ2v) is 6.43. The highest BCUT2D eigenvalue weighted by atomic mass is 32.2. The van der Waals surface area contributed by atoms with Crippen molar-refractivity contribution in [2.45, 2.75) is 25.4 Å². The maximum Gasteiger partial charge on any atom is 0.239 e. The number of carbonyl (C=O) groups is 2. The van der Waals surface area contributed by atoms with Gasteiger partial charge in [0.25, 0.3) is 0 Å². The van der Waals surface area contributed by atoms with Gasteiger partial charge in [0.1, 0.15) is 0 Å². The minimum atomic E-state index is -0.594. The molecule has 23 heavy (non-hydrogen) atoms. The first-order valence-corrected chi connectivity index (χ1v) is 8.80. The van der Waals surface area contributed by atoms with Crippen molar-refractivity contribution in [3.8, 4) is 11.5 Å². The lowest BCUT2D eigenvalue weighted by Gasteiger charge is -2.26. The molecule has 1 amide bonds. The molecule has 1 heterocycles. The molecule has 126 valence electrons. The molecule has 1 aromatic carbocycles. The zero-order valence-corrected chi connectivity index (χ0v) is 14.4. The van der Waals surface area contributed by atoms with Crippen molar-refractivity contribution in [3.63, 3.8) is 0 Å². The van der Waals surface area contributed by atoms with Gasteiger partial charge in [-0.3, -0.25) is 9.59 Å². The molecule has 0 spiro atoms. The molecule has 0 saturated carbocycles. The van der Waals surface area contributed by atoms with Crippen LogP contribution in [-0.4, -0.2) is 54.5 Å². The number of nitrogens with zero attached hydrogens (tertiary/aromatic N) is 1. The van der Waals surface area contributed by atoms with Crippen LogP contribution in [0.2, 0.25) is 0 Å². The number of hydrogen-bond acceptors (Lipinski definition) is 6. The monoisotopic (exact) mass is 338 g/mol. The molecule has 7 heteroatoms. The first-order chi connectivity index (χ1) is 11.0. The summed E-state index contributed by atoms with van der Waals surface area (Å²) in [4.78, 5) is 26.3. The Morgan fingerprint density at radius 2 is 2.04 bits per heavy atom. The lowest BCUT2D eigenvalue weighted by molar-refractivity contribution is -0.132. The Balaban J connectivity index is 2.05. The third-order valence-corrected chi connectivity index (χ3v) is 4.56. The molecule has 0 bridgehead atoms. The van der Waals surface area contributed by atoms with Gasteiger partial charge in [0, 0.05) is 12.6 Å². The van der Waals surface area contributed by atoms with Crippen molar-refractivity contribution >= 4 is 23.5 Å². The van der Waals surface area contributed by atoms with Crippen LogP contribution in [0.15, 0.2) is 18.2 Å². The van der Waals surface area contributed by atoms with Crippen molar-refractivity contribution in [1.82, 2.24) is 4.90 Å². The van der Waals surface area contributed by atoms with Gasteiger partial charge in [0.05, 0.1) is 12.1 Å². The van der Waals surface area contributed by atoms with Gasteiger partial charge in [0.2, 0.25) is 12.7 Å². The molecule has 0 aliphatic carbocycles. The standard InChI is InChI=1S/C16H22N2O4S/c1-10(18(2)16(20)12(17)6-7-23-3)15(19)11-4-5-13-14(8-11)22-9-21-13/h4-5,8,10,12H,6-7,9,17H2,1-3H3/t10-,12+/m1/s1. The molecule has 6 nitrogen and oxygen atoms in total. The molecule has 0 aromatic heterocycles. The number of thioether (sulfide) groups is 1. The van der Waals surface area contributed by atoms with E-state index in [1.807, 2.05) is 6.26 Å². The van der Waals surface area contributed by atoms with E-state index in [9.17, 15) is 9.59 Å². The number of ether oxygens (including phenoxy) is 2. The van der Waals surface area contributed by atoms with Gasteiger partial charge in [-0.2, -0.15) is 11.8 Å². The Morgan fingerprint density at radius 3 is 2.74 bits per heavy atom. The molecule has 2 atom stereocenters. The molecule has 0 fully saturated rings. The molecule has 0 radical (unpaired) electrons. The van der Waals surface area contributed by atoms with Gasteiger partial charge in [-0.15, -0.1) is 0 Å². The molecule has 0 saturated heterocycles. The predicted molar refractivity (Wildman–Crippen MR) is 90.1 cm³/mol. The summed E-state index contributed by atoms with van der Waals surface area (Å²) >= 11 is 1.64. The Labute approximate surface area is 140 Å². The molecule has 2 N–H and O–H groups in total. The maximum absolute atomic E-state index is 12.6. The Hall–Kier alpha value is -1.73. The lowest BCUT2D eigenvalue weighted by atomic mass is 10.0. The van der Waals surface area contributed by atoms with Crippen LogP contribution in [0, 0.1) is 0 Å². The number of carbonyl (C=O) groups excluding carboxylic acids is 2. The van der Waals surface area contributed by atoms with E-state index >= 15 is 0 Å². The minimum Gasteiger partial charge on any atom is -0.454 e. The Morgan fingerprint density at radius 1 is 1.35 bits per heavy atom. The quantitative estimate of drug-likeness (QED) is 0.759. The summed E-state index contributed by atoms with van der Waals surface area (Å²) < 4.78 is 10.5. The molecule has 2 rings (SSSR count). The Bertz CT molecular complexity index is 593. The van der Waals surface area contributed by atoms with Crippen LogP contribution in [-0.2, 0) is 4.79 Å². The molecule has 1 aromatic rings. The maximum atomic E-state index is 12.6. The van der Waals surface area contributed by atoms with E-state index in [1.54, 1.807) is 43.9 Å². The number of nitrogens with two attached hydrogens (primary N) is 1. The number of amides is 1. The van der Waals surface area contributed by atoms with E-state index in [0.29, 0.717) is 23.5 Å². The zero-order chi connectivity index (χ0) is 17.0. The third kappa shape index (κ3) is 3.97. The number of ketones is 1. The summed E-state index contributed by atoms with van der Waals surface area (Å²) in [6.07, 6.45) is 2.56. The summed E-state index contributed by atoms with van der Waals surface area (Å²) in [6, 6.07) is 3.85. The van der Waals surface area contributed by atoms with E-state index < -0.39 is 12.1 Å². The van der Waals surface area contributed by atoms with Gasteiger partial charge in [0.15, 0.2) is 17.3 Å². The molecule has 1 aliphatic heterocycles. The van der Waals surface area contributed by atoms with Crippen LogP contribution in [0.5, 0.6) is 11.5 Å². The summed E-state index contributed by atoms with van der Waals surface area (Å²) in [6.45, 7) is 1.86. The highest BCUT2D eigenvalue weighted by molar-refractivity contribution is 7.98. The van der Waals surface area contributed by atoms with Crippen LogP contribution in [0.4, 0.5) is 0 Å². The number of fused-ring (bicyclic) bond motifs is 1. The molecular formula is C16H22N2O4S. The van der Waals surface area contributed by atoms with Gasteiger partial charge < -0.3 is 20.1 Å². The van der Waals surface area contributed by atoms with Crippen LogP contribution < -0.4 is 15.2 Å². The average molecular weight is 338 g/mol. The Kier molecular flexibility index (Phi) is 5.90. The van der Waals surface area contributed by atoms with E-state index in [1.165, 1.54) is 4.90 Å². The van der Waals surface area contributed by atoms with Crippen LogP contribution >= 0.6 is 11.8 Å². The SMILES string of the molecule is CSCC[C@H](N)C(=O)N(C)[C@H](C)C(=O)c1ccc2c(c1)OCO2. The second-order valence-electron chi connectivity index (χ2n) is 5.45. The van der Waals surface area contributed by atoms with Crippen molar-refractivity contribution in [1.29, 1.82) is 0 Å². The molecular weight excluding hydrogens is 316 g/mol. The van der Waals surface area contributed by atoms with Crippen LogP contribution in [0.25, 0.3) is 0 Å². The largest absolute Gasteiger partial charge is 0.454 e. The van der Waals surface area contributed by atoms with Gasteiger partial charge >= 0.3 is 0 Å². The fourth-order valence-corrected chi connectivity index (χ4v) is 2.78. The first kappa shape index (κ1) is 17.6. The normalized spacial score (nSPS) is 15.1. The highest BCUT2D eigenvalue weighted by Crippen LogP contribution is 2.33. The zero-order valence-electron chi connectivity index (χ0n) is 13.6. The summed E-state index contributed by atoms with van der Waals surface area (Å²) in [5, 5.41) is 0. The van der Waals surface area contributed by atoms with Crippen molar-refractivity contribution in [2.75, 3.05) is 25.8 Å². The lowest BCUT2D eigenvalue weighted by Crippen LogP contribution is -2.48. The number of likely N-dealkylation sites (N-methyl/N-ethyl adjacent to an activating group) is 1. The predicted octanol–water partition coefficient (Wildman–Crippen LogP) is 1.53. The number of Topliss-reactive ketones (excluding diaryl/α,β-unsaturated/α-hetero) is 1. The van der Waals surface area contributed by atoms with Gasteiger partial charge in [-0.05, 0) is 43.6 Å². The number of rotatable bonds is 7. The van der Waals surface area contributed by atoms with E-state index in [2.05, 4.69) is 0 Å². The summed E-state index contributed by atoms with van der Waals surface area (Å²) in [7, 11) is 1.61. The summed E-state index contributed by atoms with van der Waals surface area (Å²) in [5.74, 6) is 1.61. The van der Waals surface area contributed by atoms with Crippen molar-refractivity contribution in [3.05, 3.63) is 23.8 Å². The minimum absolute atomic E-state index is 0.156. The van der Waals surface area contributed by atoms with E-state index in [4.69, 9.17) is 15.2 Å².